The minimum atomic E-state index is -3.30. The molecule has 1 aliphatic heterocycles. The molecule has 0 unspecified atom stereocenters. The van der Waals surface area contributed by atoms with Gasteiger partial charge in [0.1, 0.15) is 0 Å². The van der Waals surface area contributed by atoms with Crippen molar-refractivity contribution in [3.8, 4) is 0 Å². The standard InChI is InChI=1S/C14H21NO2S/c1-11-5-4-8-15(10-11)18(16,17)14-7-6-12(2)13(3)9-14/h6-7,9,11H,4-5,8,10H2,1-3H3/t11-/m1/s1. The SMILES string of the molecule is Cc1ccc(S(=O)(=O)N2CCC[C@@H](C)C2)cc1C. The first-order valence-corrected chi connectivity index (χ1v) is 7.92. The summed E-state index contributed by atoms with van der Waals surface area (Å²) in [6, 6.07) is 5.39. The maximum Gasteiger partial charge on any atom is 0.243 e. The number of piperidine rings is 1. The molecule has 0 aliphatic carbocycles. The van der Waals surface area contributed by atoms with Gasteiger partial charge in [-0.05, 0) is 55.9 Å². The molecule has 0 N–H and O–H groups in total. The van der Waals surface area contributed by atoms with E-state index in [1.807, 2.05) is 19.9 Å². The van der Waals surface area contributed by atoms with E-state index in [9.17, 15) is 8.42 Å². The quantitative estimate of drug-likeness (QED) is 0.826. The number of hydrogen-bond acceptors (Lipinski definition) is 2. The number of nitrogens with zero attached hydrogens (tertiary/aromatic N) is 1. The van der Waals surface area contributed by atoms with Gasteiger partial charge in [-0.1, -0.05) is 13.0 Å². The first-order chi connectivity index (χ1) is 8.41. The molecule has 4 heteroatoms. The third-order valence-corrected chi connectivity index (χ3v) is 5.60. The second kappa shape index (κ2) is 5.02. The van der Waals surface area contributed by atoms with Crippen LogP contribution in [0.1, 0.15) is 30.9 Å². The molecule has 1 aromatic rings. The van der Waals surface area contributed by atoms with Crippen molar-refractivity contribution in [1.82, 2.24) is 4.31 Å². The Hall–Kier alpha value is -0.870. The van der Waals surface area contributed by atoms with Crippen LogP contribution in [0.3, 0.4) is 0 Å². The molecule has 0 bridgehead atoms. The molecule has 0 spiro atoms. The summed E-state index contributed by atoms with van der Waals surface area (Å²) >= 11 is 0. The average Bonchev–Trinajstić information content (AvgIpc) is 2.32. The number of hydrogen-bond donors (Lipinski definition) is 0. The lowest BCUT2D eigenvalue weighted by Crippen LogP contribution is -2.39. The molecule has 0 saturated carbocycles. The Balaban J connectivity index is 2.32. The molecule has 3 nitrogen and oxygen atoms in total. The Morgan fingerprint density at radius 2 is 1.94 bits per heavy atom. The molecule has 0 amide bonds. The lowest BCUT2D eigenvalue weighted by Gasteiger charge is -2.30. The predicted octanol–water partition coefficient (Wildman–Crippen LogP) is 2.72. The van der Waals surface area contributed by atoms with Gasteiger partial charge < -0.3 is 0 Å². The largest absolute Gasteiger partial charge is 0.243 e. The van der Waals surface area contributed by atoms with E-state index in [1.54, 1.807) is 16.4 Å². The molecule has 18 heavy (non-hydrogen) atoms. The summed E-state index contributed by atoms with van der Waals surface area (Å²) in [4.78, 5) is 0.430. The molecule has 2 rings (SSSR count). The van der Waals surface area contributed by atoms with Crippen molar-refractivity contribution in [3.05, 3.63) is 29.3 Å². The van der Waals surface area contributed by atoms with Gasteiger partial charge in [-0.25, -0.2) is 8.42 Å². The Morgan fingerprint density at radius 1 is 1.22 bits per heavy atom. The molecule has 1 aliphatic rings. The van der Waals surface area contributed by atoms with Crippen molar-refractivity contribution in [2.24, 2.45) is 5.92 Å². The fourth-order valence-corrected chi connectivity index (χ4v) is 4.07. The van der Waals surface area contributed by atoms with Gasteiger partial charge in [0.15, 0.2) is 0 Å². The van der Waals surface area contributed by atoms with Crippen LogP contribution in [0, 0.1) is 19.8 Å². The normalized spacial score (nSPS) is 22.1. The van der Waals surface area contributed by atoms with E-state index in [4.69, 9.17) is 0 Å². The van der Waals surface area contributed by atoms with Crippen molar-refractivity contribution in [3.63, 3.8) is 0 Å². The first-order valence-electron chi connectivity index (χ1n) is 6.48. The summed E-state index contributed by atoms with van der Waals surface area (Å²) in [6.07, 6.45) is 2.09. The van der Waals surface area contributed by atoms with E-state index < -0.39 is 10.0 Å². The van der Waals surface area contributed by atoms with E-state index in [2.05, 4.69) is 6.92 Å². The van der Waals surface area contributed by atoms with Gasteiger partial charge >= 0.3 is 0 Å². The minimum Gasteiger partial charge on any atom is -0.207 e. The smallest absolute Gasteiger partial charge is 0.207 e. The summed E-state index contributed by atoms with van der Waals surface area (Å²) in [5, 5.41) is 0. The molecule has 0 aromatic heterocycles. The zero-order chi connectivity index (χ0) is 13.3. The maximum atomic E-state index is 12.5. The topological polar surface area (TPSA) is 37.4 Å². The van der Waals surface area contributed by atoms with Crippen LogP contribution in [0.2, 0.25) is 0 Å². The summed E-state index contributed by atoms with van der Waals surface area (Å²) in [5.74, 6) is 0.458. The Kier molecular flexibility index (Phi) is 3.78. The van der Waals surface area contributed by atoms with Crippen LogP contribution >= 0.6 is 0 Å². The highest BCUT2D eigenvalue weighted by atomic mass is 32.2. The van der Waals surface area contributed by atoms with Gasteiger partial charge in [0.25, 0.3) is 0 Å². The van der Waals surface area contributed by atoms with Gasteiger partial charge in [-0.3, -0.25) is 0 Å². The van der Waals surface area contributed by atoms with Gasteiger partial charge in [0.2, 0.25) is 10.0 Å². The van der Waals surface area contributed by atoms with Crippen LogP contribution in [0.4, 0.5) is 0 Å². The highest BCUT2D eigenvalue weighted by Crippen LogP contribution is 2.24. The van der Waals surface area contributed by atoms with Crippen molar-refractivity contribution in [2.75, 3.05) is 13.1 Å². The van der Waals surface area contributed by atoms with Crippen molar-refractivity contribution < 1.29 is 8.42 Å². The van der Waals surface area contributed by atoms with Crippen molar-refractivity contribution in [1.29, 1.82) is 0 Å². The highest BCUT2D eigenvalue weighted by Gasteiger charge is 2.28. The van der Waals surface area contributed by atoms with Crippen LogP contribution in [0.25, 0.3) is 0 Å². The highest BCUT2D eigenvalue weighted by molar-refractivity contribution is 7.89. The maximum absolute atomic E-state index is 12.5. The van der Waals surface area contributed by atoms with Crippen LogP contribution in [0.15, 0.2) is 23.1 Å². The molecule has 100 valence electrons. The van der Waals surface area contributed by atoms with Crippen molar-refractivity contribution in [2.45, 2.75) is 38.5 Å². The van der Waals surface area contributed by atoms with Gasteiger partial charge in [0.05, 0.1) is 4.90 Å². The monoisotopic (exact) mass is 267 g/mol. The van der Waals surface area contributed by atoms with Gasteiger partial charge in [-0.15, -0.1) is 0 Å². The molecular weight excluding hydrogens is 246 g/mol. The lowest BCUT2D eigenvalue weighted by molar-refractivity contribution is 0.281. The van der Waals surface area contributed by atoms with Crippen LogP contribution < -0.4 is 0 Å². The minimum absolute atomic E-state index is 0.430. The number of rotatable bonds is 2. The number of sulfonamides is 1. The molecular formula is C14H21NO2S. The second-order valence-corrected chi connectivity index (χ2v) is 7.29. The Labute approximate surface area is 110 Å². The number of benzene rings is 1. The molecule has 1 saturated heterocycles. The van der Waals surface area contributed by atoms with E-state index in [-0.39, 0.29) is 0 Å². The van der Waals surface area contributed by atoms with E-state index in [1.165, 1.54) is 0 Å². The molecule has 0 radical (unpaired) electrons. The summed E-state index contributed by atoms with van der Waals surface area (Å²) < 4.78 is 26.7. The summed E-state index contributed by atoms with van der Waals surface area (Å²) in [5.41, 5.74) is 2.15. The fourth-order valence-electron chi connectivity index (χ4n) is 2.39. The second-order valence-electron chi connectivity index (χ2n) is 5.36. The first kappa shape index (κ1) is 13.6. The summed E-state index contributed by atoms with van der Waals surface area (Å²) in [7, 11) is -3.30. The molecule has 1 atom stereocenters. The van der Waals surface area contributed by atoms with Crippen LogP contribution in [-0.4, -0.2) is 25.8 Å². The lowest BCUT2D eigenvalue weighted by atomic mass is 10.0. The van der Waals surface area contributed by atoms with Crippen molar-refractivity contribution >= 4 is 10.0 Å². The third-order valence-electron chi connectivity index (χ3n) is 3.74. The molecule has 1 aromatic carbocycles. The predicted molar refractivity (Wildman–Crippen MR) is 73.1 cm³/mol. The molecule has 1 fully saturated rings. The van der Waals surface area contributed by atoms with Crippen LogP contribution in [-0.2, 0) is 10.0 Å². The Bertz CT molecular complexity index is 537. The van der Waals surface area contributed by atoms with E-state index >= 15 is 0 Å². The van der Waals surface area contributed by atoms with Gasteiger partial charge in [0, 0.05) is 13.1 Å². The molecule has 1 heterocycles. The number of aryl methyl sites for hydroxylation is 2. The third kappa shape index (κ3) is 2.59. The van der Waals surface area contributed by atoms with Crippen LogP contribution in [0.5, 0.6) is 0 Å². The fraction of sp³-hybridized carbons (Fsp3) is 0.571. The zero-order valence-electron chi connectivity index (χ0n) is 11.3. The Morgan fingerprint density at radius 3 is 2.56 bits per heavy atom. The average molecular weight is 267 g/mol. The van der Waals surface area contributed by atoms with E-state index in [0.717, 1.165) is 24.0 Å². The summed E-state index contributed by atoms with van der Waals surface area (Å²) in [6.45, 7) is 7.36. The van der Waals surface area contributed by atoms with E-state index in [0.29, 0.717) is 23.9 Å². The zero-order valence-corrected chi connectivity index (χ0v) is 12.1. The van der Waals surface area contributed by atoms with Gasteiger partial charge in [-0.2, -0.15) is 4.31 Å².